The molecule has 2 unspecified atom stereocenters. The quantitative estimate of drug-likeness (QED) is 0.386. The summed E-state index contributed by atoms with van der Waals surface area (Å²) >= 11 is 2.06. The second-order valence-electron chi connectivity index (χ2n) is 7.12. The van der Waals surface area contributed by atoms with Crippen molar-refractivity contribution in [2.75, 3.05) is 4.43 Å². The normalized spacial score (nSPS) is 14.9. The number of hydrogen-bond acceptors (Lipinski definition) is 5. The second kappa shape index (κ2) is 8.90. The summed E-state index contributed by atoms with van der Waals surface area (Å²) in [7, 11) is 0. The van der Waals surface area contributed by atoms with Gasteiger partial charge < -0.3 is 19.9 Å². The SMILES string of the molecule is CC(C)(C)OC(=O)NC(CCC(O)CI)C(=O)OC(C)(C)C. The van der Waals surface area contributed by atoms with Crippen LogP contribution in [-0.2, 0) is 14.3 Å². The van der Waals surface area contributed by atoms with E-state index in [2.05, 4.69) is 27.9 Å². The van der Waals surface area contributed by atoms with E-state index in [1.54, 1.807) is 41.5 Å². The highest BCUT2D eigenvalue weighted by Crippen LogP contribution is 2.13. The molecule has 2 N–H and O–H groups in total. The first-order valence-electron chi connectivity index (χ1n) is 7.30. The molecular formula is C15H28INO5. The van der Waals surface area contributed by atoms with Gasteiger partial charge in [0.05, 0.1) is 6.10 Å². The molecule has 0 heterocycles. The number of alkyl halides is 1. The van der Waals surface area contributed by atoms with Crippen LogP contribution in [0, 0.1) is 0 Å². The molecule has 0 spiro atoms. The van der Waals surface area contributed by atoms with Crippen LogP contribution in [0.25, 0.3) is 0 Å². The molecule has 7 heteroatoms. The molecule has 6 nitrogen and oxygen atoms in total. The number of ether oxygens (including phenoxy) is 2. The van der Waals surface area contributed by atoms with Crippen LogP contribution in [0.15, 0.2) is 0 Å². The Morgan fingerprint density at radius 2 is 1.55 bits per heavy atom. The van der Waals surface area contributed by atoms with E-state index >= 15 is 0 Å². The number of aliphatic hydroxyl groups is 1. The minimum Gasteiger partial charge on any atom is -0.458 e. The van der Waals surface area contributed by atoms with E-state index in [0.717, 1.165) is 0 Å². The highest BCUT2D eigenvalue weighted by Gasteiger charge is 2.28. The van der Waals surface area contributed by atoms with Crippen molar-refractivity contribution in [3.8, 4) is 0 Å². The van der Waals surface area contributed by atoms with Gasteiger partial charge in [-0.2, -0.15) is 0 Å². The van der Waals surface area contributed by atoms with Gasteiger partial charge in [0.2, 0.25) is 0 Å². The number of nitrogens with one attached hydrogen (secondary N) is 1. The third-order valence-electron chi connectivity index (χ3n) is 2.35. The van der Waals surface area contributed by atoms with E-state index in [1.165, 1.54) is 0 Å². The lowest BCUT2D eigenvalue weighted by Crippen LogP contribution is -2.46. The Morgan fingerprint density at radius 1 is 1.05 bits per heavy atom. The van der Waals surface area contributed by atoms with E-state index < -0.39 is 35.4 Å². The Balaban J connectivity index is 4.78. The zero-order chi connectivity index (χ0) is 17.6. The molecule has 0 radical (unpaired) electrons. The Hall–Kier alpha value is -0.570. The van der Waals surface area contributed by atoms with Crippen molar-refractivity contribution >= 4 is 34.7 Å². The molecule has 2 atom stereocenters. The number of carbonyl (C=O) groups is 2. The van der Waals surface area contributed by atoms with Crippen molar-refractivity contribution in [1.29, 1.82) is 0 Å². The summed E-state index contributed by atoms with van der Waals surface area (Å²) in [6.07, 6.45) is -0.515. The van der Waals surface area contributed by atoms with E-state index in [9.17, 15) is 14.7 Å². The Kier molecular flexibility index (Phi) is 8.67. The molecule has 0 aliphatic carbocycles. The standard InChI is InChI=1S/C15H28INO5/c1-14(2,3)21-12(19)11(8-7-10(18)9-16)17-13(20)22-15(4,5)6/h10-11,18H,7-9H2,1-6H3,(H,17,20). The molecule has 0 rings (SSSR count). The monoisotopic (exact) mass is 429 g/mol. The summed E-state index contributed by atoms with van der Waals surface area (Å²) in [5, 5.41) is 12.2. The first kappa shape index (κ1) is 21.4. The summed E-state index contributed by atoms with van der Waals surface area (Å²) in [6, 6.07) is -0.841. The molecule has 130 valence electrons. The Labute approximate surface area is 146 Å². The topological polar surface area (TPSA) is 84.9 Å². The minimum absolute atomic E-state index is 0.290. The third-order valence-corrected chi connectivity index (χ3v) is 3.37. The fourth-order valence-electron chi connectivity index (χ4n) is 1.51. The van der Waals surface area contributed by atoms with Crippen molar-refractivity contribution in [3.63, 3.8) is 0 Å². The molecule has 0 fully saturated rings. The van der Waals surface area contributed by atoms with Gasteiger partial charge in [-0.05, 0) is 54.4 Å². The average molecular weight is 429 g/mol. The zero-order valence-corrected chi connectivity index (χ0v) is 16.4. The summed E-state index contributed by atoms with van der Waals surface area (Å²) in [6.45, 7) is 10.5. The highest BCUT2D eigenvalue weighted by molar-refractivity contribution is 14.1. The minimum atomic E-state index is -0.841. The predicted molar refractivity (Wildman–Crippen MR) is 93.1 cm³/mol. The lowest BCUT2D eigenvalue weighted by atomic mass is 10.1. The van der Waals surface area contributed by atoms with Crippen molar-refractivity contribution in [1.82, 2.24) is 5.32 Å². The van der Waals surface area contributed by atoms with Crippen LogP contribution >= 0.6 is 22.6 Å². The number of esters is 1. The largest absolute Gasteiger partial charge is 0.458 e. The molecule has 0 aromatic heterocycles. The van der Waals surface area contributed by atoms with E-state index in [0.29, 0.717) is 17.3 Å². The molecular weight excluding hydrogens is 401 g/mol. The maximum Gasteiger partial charge on any atom is 0.408 e. The van der Waals surface area contributed by atoms with Gasteiger partial charge in [-0.15, -0.1) is 0 Å². The summed E-state index contributed by atoms with van der Waals surface area (Å²) in [5.41, 5.74) is -1.29. The van der Waals surface area contributed by atoms with E-state index in [-0.39, 0.29) is 0 Å². The number of hydrogen-bond donors (Lipinski definition) is 2. The fourth-order valence-corrected chi connectivity index (χ4v) is 1.95. The van der Waals surface area contributed by atoms with Crippen LogP contribution < -0.4 is 5.32 Å². The molecule has 0 aromatic carbocycles. The maximum atomic E-state index is 12.2. The van der Waals surface area contributed by atoms with Gasteiger partial charge in [0.1, 0.15) is 17.2 Å². The summed E-state index contributed by atoms with van der Waals surface area (Å²) in [5.74, 6) is -0.529. The van der Waals surface area contributed by atoms with Gasteiger partial charge in [-0.1, -0.05) is 22.6 Å². The predicted octanol–water partition coefficient (Wildman–Crippen LogP) is 2.80. The second-order valence-corrected chi connectivity index (χ2v) is 8.00. The first-order valence-corrected chi connectivity index (χ1v) is 8.83. The van der Waals surface area contributed by atoms with Gasteiger partial charge >= 0.3 is 12.1 Å². The highest BCUT2D eigenvalue weighted by atomic mass is 127. The molecule has 0 aliphatic heterocycles. The van der Waals surface area contributed by atoms with Crippen LogP contribution in [0.2, 0.25) is 0 Å². The van der Waals surface area contributed by atoms with Crippen molar-refractivity contribution < 1.29 is 24.2 Å². The number of rotatable bonds is 6. The third kappa shape index (κ3) is 11.1. The molecule has 0 saturated carbocycles. The fraction of sp³-hybridized carbons (Fsp3) is 0.867. The molecule has 0 aromatic rings. The number of amides is 1. The molecule has 22 heavy (non-hydrogen) atoms. The van der Waals surface area contributed by atoms with Crippen molar-refractivity contribution in [2.24, 2.45) is 0 Å². The van der Waals surface area contributed by atoms with Crippen LogP contribution in [0.1, 0.15) is 54.4 Å². The Bertz CT molecular complexity index is 373. The molecule has 1 amide bonds. The lowest BCUT2D eigenvalue weighted by molar-refractivity contribution is -0.157. The molecule has 0 bridgehead atoms. The van der Waals surface area contributed by atoms with Gasteiger partial charge in [0.25, 0.3) is 0 Å². The Morgan fingerprint density at radius 3 is 1.95 bits per heavy atom. The van der Waals surface area contributed by atoms with Gasteiger partial charge in [0.15, 0.2) is 0 Å². The number of halogens is 1. The number of aliphatic hydroxyl groups excluding tert-OH is 1. The zero-order valence-electron chi connectivity index (χ0n) is 14.2. The van der Waals surface area contributed by atoms with Crippen molar-refractivity contribution in [2.45, 2.75) is 77.7 Å². The summed E-state index contributed by atoms with van der Waals surface area (Å²) < 4.78 is 11.0. The van der Waals surface area contributed by atoms with E-state index in [4.69, 9.17) is 9.47 Å². The van der Waals surface area contributed by atoms with Crippen molar-refractivity contribution in [3.05, 3.63) is 0 Å². The number of carbonyl (C=O) groups excluding carboxylic acids is 2. The van der Waals surface area contributed by atoms with E-state index in [1.807, 2.05) is 0 Å². The van der Waals surface area contributed by atoms with Crippen LogP contribution in [0.5, 0.6) is 0 Å². The summed E-state index contributed by atoms with van der Waals surface area (Å²) in [4.78, 5) is 24.0. The lowest BCUT2D eigenvalue weighted by Gasteiger charge is -2.26. The number of alkyl carbamates (subject to hydrolysis) is 1. The van der Waals surface area contributed by atoms with Gasteiger partial charge in [-0.25, -0.2) is 9.59 Å². The average Bonchev–Trinajstić information content (AvgIpc) is 2.29. The van der Waals surface area contributed by atoms with Crippen LogP contribution in [0.4, 0.5) is 4.79 Å². The van der Waals surface area contributed by atoms with Gasteiger partial charge in [0, 0.05) is 4.43 Å². The van der Waals surface area contributed by atoms with Gasteiger partial charge in [-0.3, -0.25) is 0 Å². The molecule has 0 aliphatic rings. The first-order chi connectivity index (χ1) is 9.84. The molecule has 0 saturated heterocycles. The van der Waals surface area contributed by atoms with Crippen LogP contribution in [0.3, 0.4) is 0 Å². The maximum absolute atomic E-state index is 12.2. The smallest absolute Gasteiger partial charge is 0.408 e. The van der Waals surface area contributed by atoms with Crippen LogP contribution in [-0.4, -0.2) is 44.9 Å².